The second kappa shape index (κ2) is 7.91. The number of nitrogens with one attached hydrogen (secondary N) is 3. The molecule has 2 unspecified atom stereocenters. The molecule has 1 aliphatic rings. The highest BCUT2D eigenvalue weighted by molar-refractivity contribution is 5.99. The van der Waals surface area contributed by atoms with E-state index in [4.69, 9.17) is 0 Å². The molecule has 6 heteroatoms. The summed E-state index contributed by atoms with van der Waals surface area (Å²) in [5.74, 6) is -0.379. The van der Waals surface area contributed by atoms with Crippen LogP contribution in [0.1, 0.15) is 34.1 Å². The van der Waals surface area contributed by atoms with Crippen LogP contribution in [0, 0.1) is 5.92 Å². The summed E-state index contributed by atoms with van der Waals surface area (Å²) in [6.07, 6.45) is 0.440. The molecule has 4 N–H and O–H groups in total. The summed E-state index contributed by atoms with van der Waals surface area (Å²) in [6, 6.07) is 6.65. The molecule has 6 nitrogen and oxygen atoms in total. The van der Waals surface area contributed by atoms with E-state index < -0.39 is 6.10 Å². The van der Waals surface area contributed by atoms with Crippen molar-refractivity contribution >= 4 is 11.8 Å². The topological polar surface area (TPSA) is 90.5 Å². The maximum Gasteiger partial charge on any atom is 0.251 e. The molecule has 1 heterocycles. The number of carbonyl (C=O) groups is 2. The van der Waals surface area contributed by atoms with Crippen LogP contribution in [0.4, 0.5) is 0 Å². The summed E-state index contributed by atoms with van der Waals surface area (Å²) < 4.78 is 0. The number of benzene rings is 1. The van der Waals surface area contributed by atoms with E-state index in [1.807, 2.05) is 6.92 Å². The van der Waals surface area contributed by atoms with Gasteiger partial charge in [0.1, 0.15) is 0 Å². The van der Waals surface area contributed by atoms with E-state index in [1.54, 1.807) is 24.3 Å². The zero-order valence-electron chi connectivity index (χ0n) is 12.8. The molecule has 2 rings (SSSR count). The van der Waals surface area contributed by atoms with Crippen molar-refractivity contribution < 1.29 is 14.7 Å². The average molecular weight is 305 g/mol. The zero-order chi connectivity index (χ0) is 15.9. The van der Waals surface area contributed by atoms with Gasteiger partial charge < -0.3 is 21.1 Å². The molecule has 1 aromatic rings. The Labute approximate surface area is 130 Å². The summed E-state index contributed by atoms with van der Waals surface area (Å²) in [7, 11) is 0. The van der Waals surface area contributed by atoms with Gasteiger partial charge in [0.2, 0.25) is 0 Å². The Hall–Kier alpha value is -1.92. The Morgan fingerprint density at radius 2 is 1.91 bits per heavy atom. The Balaban J connectivity index is 1.93. The Morgan fingerprint density at radius 3 is 2.50 bits per heavy atom. The maximum absolute atomic E-state index is 12.2. The van der Waals surface area contributed by atoms with Crippen LogP contribution in [-0.2, 0) is 0 Å². The Kier molecular flexibility index (Phi) is 5.91. The first-order valence-corrected chi connectivity index (χ1v) is 7.67. The van der Waals surface area contributed by atoms with Gasteiger partial charge in [0.25, 0.3) is 11.8 Å². The van der Waals surface area contributed by atoms with E-state index >= 15 is 0 Å². The lowest BCUT2D eigenvalue weighted by molar-refractivity contribution is 0.0927. The Morgan fingerprint density at radius 1 is 1.23 bits per heavy atom. The van der Waals surface area contributed by atoms with E-state index in [2.05, 4.69) is 16.0 Å². The second-order valence-corrected chi connectivity index (χ2v) is 5.53. The molecule has 120 valence electrons. The first-order chi connectivity index (χ1) is 10.6. The number of aliphatic hydroxyl groups excluding tert-OH is 1. The first kappa shape index (κ1) is 16.5. The largest absolute Gasteiger partial charge is 0.391 e. The van der Waals surface area contributed by atoms with Gasteiger partial charge in [-0.25, -0.2) is 0 Å². The highest BCUT2D eigenvalue weighted by Crippen LogP contribution is 2.09. The predicted octanol–water partition coefficient (Wildman–Crippen LogP) is 0.137. The summed E-state index contributed by atoms with van der Waals surface area (Å²) in [5.41, 5.74) is 0.924. The third kappa shape index (κ3) is 4.29. The van der Waals surface area contributed by atoms with Gasteiger partial charge in [-0.2, -0.15) is 0 Å². The lowest BCUT2D eigenvalue weighted by Crippen LogP contribution is -2.34. The van der Waals surface area contributed by atoms with E-state index in [-0.39, 0.29) is 17.7 Å². The van der Waals surface area contributed by atoms with Crippen molar-refractivity contribution in [1.82, 2.24) is 16.0 Å². The minimum atomic E-state index is -0.425. The molecule has 0 saturated carbocycles. The van der Waals surface area contributed by atoms with Gasteiger partial charge in [0.15, 0.2) is 0 Å². The van der Waals surface area contributed by atoms with Crippen molar-refractivity contribution in [3.05, 3.63) is 35.4 Å². The Bertz CT molecular complexity index is 533. The molecule has 2 atom stereocenters. The first-order valence-electron chi connectivity index (χ1n) is 7.67. The monoisotopic (exact) mass is 305 g/mol. The standard InChI is InChI=1S/C16H23N3O3/c1-2-6-18-15(21)11-4-3-5-12(7-11)16(22)19-9-13-8-17-10-14(13)20/h3-5,7,13-14,17,20H,2,6,8-10H2,1H3,(H,18,21)(H,19,22). The minimum absolute atomic E-state index is 0.0278. The van der Waals surface area contributed by atoms with Gasteiger partial charge >= 0.3 is 0 Å². The van der Waals surface area contributed by atoms with Crippen LogP contribution in [0.25, 0.3) is 0 Å². The second-order valence-electron chi connectivity index (χ2n) is 5.53. The van der Waals surface area contributed by atoms with Crippen molar-refractivity contribution in [3.63, 3.8) is 0 Å². The lowest BCUT2D eigenvalue weighted by Gasteiger charge is -2.14. The van der Waals surface area contributed by atoms with Crippen molar-refractivity contribution in [2.24, 2.45) is 5.92 Å². The molecule has 1 aromatic carbocycles. The molecule has 0 spiro atoms. The van der Waals surface area contributed by atoms with Gasteiger partial charge in [-0.3, -0.25) is 9.59 Å². The van der Waals surface area contributed by atoms with Crippen LogP contribution in [0.5, 0.6) is 0 Å². The molecular formula is C16H23N3O3. The SMILES string of the molecule is CCCNC(=O)c1cccc(C(=O)NCC2CNCC2O)c1. The van der Waals surface area contributed by atoms with E-state index in [0.29, 0.717) is 37.3 Å². The molecule has 22 heavy (non-hydrogen) atoms. The van der Waals surface area contributed by atoms with E-state index in [9.17, 15) is 14.7 Å². The van der Waals surface area contributed by atoms with Crippen LogP contribution in [0.15, 0.2) is 24.3 Å². The molecule has 0 bridgehead atoms. The third-order valence-corrected chi connectivity index (χ3v) is 3.75. The lowest BCUT2D eigenvalue weighted by atomic mass is 10.1. The summed E-state index contributed by atoms with van der Waals surface area (Å²) in [6.45, 7) is 4.27. The van der Waals surface area contributed by atoms with Gasteiger partial charge in [-0.15, -0.1) is 0 Å². The highest BCUT2D eigenvalue weighted by atomic mass is 16.3. The molecule has 1 aliphatic heterocycles. The van der Waals surface area contributed by atoms with Crippen LogP contribution in [0.3, 0.4) is 0 Å². The molecule has 0 aliphatic carbocycles. The van der Waals surface area contributed by atoms with Crippen molar-refractivity contribution in [2.45, 2.75) is 19.4 Å². The maximum atomic E-state index is 12.2. The van der Waals surface area contributed by atoms with Crippen LogP contribution < -0.4 is 16.0 Å². The van der Waals surface area contributed by atoms with Gasteiger partial charge in [-0.1, -0.05) is 13.0 Å². The molecule has 0 radical (unpaired) electrons. The van der Waals surface area contributed by atoms with Gasteiger partial charge in [0.05, 0.1) is 6.10 Å². The van der Waals surface area contributed by atoms with Crippen LogP contribution >= 0.6 is 0 Å². The van der Waals surface area contributed by atoms with Crippen LogP contribution in [-0.4, -0.2) is 49.2 Å². The highest BCUT2D eigenvalue weighted by Gasteiger charge is 2.25. The number of β-amino-alcohol motifs (C(OH)–C–C–N with tert-alkyl or cyclic N) is 1. The fourth-order valence-electron chi connectivity index (χ4n) is 2.40. The quantitative estimate of drug-likeness (QED) is 0.602. The van der Waals surface area contributed by atoms with Crippen LogP contribution in [0.2, 0.25) is 0 Å². The average Bonchev–Trinajstić information content (AvgIpc) is 2.95. The van der Waals surface area contributed by atoms with Gasteiger partial charge in [0, 0.05) is 43.2 Å². The normalized spacial score (nSPS) is 20.6. The minimum Gasteiger partial charge on any atom is -0.391 e. The number of hydrogen-bond acceptors (Lipinski definition) is 4. The van der Waals surface area contributed by atoms with Crippen molar-refractivity contribution in [2.75, 3.05) is 26.2 Å². The molecule has 1 fully saturated rings. The number of rotatable bonds is 6. The molecule has 0 aromatic heterocycles. The smallest absolute Gasteiger partial charge is 0.251 e. The predicted molar refractivity (Wildman–Crippen MR) is 83.8 cm³/mol. The van der Waals surface area contributed by atoms with Crippen molar-refractivity contribution in [3.8, 4) is 0 Å². The van der Waals surface area contributed by atoms with Crippen molar-refractivity contribution in [1.29, 1.82) is 0 Å². The molecule has 2 amide bonds. The third-order valence-electron chi connectivity index (χ3n) is 3.75. The van der Waals surface area contributed by atoms with Gasteiger partial charge in [-0.05, 0) is 24.6 Å². The summed E-state index contributed by atoms with van der Waals surface area (Å²) >= 11 is 0. The fraction of sp³-hybridized carbons (Fsp3) is 0.500. The number of aliphatic hydroxyl groups is 1. The number of amides is 2. The summed E-state index contributed by atoms with van der Waals surface area (Å²) in [4.78, 5) is 24.1. The molecular weight excluding hydrogens is 282 g/mol. The fourth-order valence-corrected chi connectivity index (χ4v) is 2.40. The zero-order valence-corrected chi connectivity index (χ0v) is 12.8. The molecule has 1 saturated heterocycles. The van der Waals surface area contributed by atoms with E-state index in [0.717, 1.165) is 6.42 Å². The summed E-state index contributed by atoms with van der Waals surface area (Å²) in [5, 5.41) is 18.4. The van der Waals surface area contributed by atoms with E-state index in [1.165, 1.54) is 0 Å². The number of carbonyl (C=O) groups excluding carboxylic acids is 2. The number of hydrogen-bond donors (Lipinski definition) is 4.